The number of rotatable bonds is 11. The van der Waals surface area contributed by atoms with E-state index in [2.05, 4.69) is 10.2 Å². The Balaban J connectivity index is 2.17. The summed E-state index contributed by atoms with van der Waals surface area (Å²) in [5.74, 6) is -0.689. The number of likely N-dealkylation sites (N-methyl/N-ethyl adjacent to an activating group) is 2. The second-order valence-corrected chi connectivity index (χ2v) is 12.4. The first kappa shape index (κ1) is 32.8. The molecule has 0 radical (unpaired) electrons. The van der Waals surface area contributed by atoms with Gasteiger partial charge in [-0.2, -0.15) is 0 Å². The summed E-state index contributed by atoms with van der Waals surface area (Å²) in [5, 5.41) is 3.03. The van der Waals surface area contributed by atoms with Crippen LogP contribution in [0.15, 0.2) is 11.6 Å². The van der Waals surface area contributed by atoms with Crippen LogP contribution in [0.2, 0.25) is 0 Å². The molecule has 4 atom stereocenters. The highest BCUT2D eigenvalue weighted by Gasteiger charge is 2.37. The molecule has 0 spiro atoms. The van der Waals surface area contributed by atoms with Gasteiger partial charge in [-0.3, -0.25) is 19.3 Å². The average molecular weight is 549 g/mol. The minimum atomic E-state index is -0.665. The zero-order valence-corrected chi connectivity index (χ0v) is 25.7. The van der Waals surface area contributed by atoms with Crippen molar-refractivity contribution >= 4 is 23.7 Å². The number of hydrogen-bond acceptors (Lipinski definition) is 6. The Labute approximate surface area is 235 Å². The summed E-state index contributed by atoms with van der Waals surface area (Å²) in [7, 11) is 3.69. The maximum absolute atomic E-state index is 13.7. The molecule has 0 aromatic carbocycles. The second kappa shape index (κ2) is 14.8. The van der Waals surface area contributed by atoms with Gasteiger partial charge in [0.2, 0.25) is 17.7 Å². The molecule has 0 aliphatic carbocycles. The van der Waals surface area contributed by atoms with Gasteiger partial charge in [0.1, 0.15) is 12.1 Å². The quantitative estimate of drug-likeness (QED) is 0.314. The van der Waals surface area contributed by atoms with E-state index in [4.69, 9.17) is 4.74 Å². The van der Waals surface area contributed by atoms with Gasteiger partial charge in [0, 0.05) is 19.2 Å². The van der Waals surface area contributed by atoms with Crippen molar-refractivity contribution in [3.8, 4) is 0 Å². The van der Waals surface area contributed by atoms with Crippen LogP contribution in [0, 0.1) is 17.8 Å². The monoisotopic (exact) mass is 548 g/mol. The third-order valence-electron chi connectivity index (χ3n) is 7.88. The van der Waals surface area contributed by atoms with Gasteiger partial charge >= 0.3 is 5.97 Å². The van der Waals surface area contributed by atoms with Crippen LogP contribution in [0.3, 0.4) is 0 Å². The minimum absolute atomic E-state index is 0.0278. The lowest BCUT2D eigenvalue weighted by molar-refractivity contribution is -0.153. The largest absolute Gasteiger partial charge is 0.464 e. The van der Waals surface area contributed by atoms with Crippen molar-refractivity contribution in [1.82, 2.24) is 20.0 Å². The molecule has 0 bridgehead atoms. The Morgan fingerprint density at radius 1 is 0.949 bits per heavy atom. The SMILES string of the molecule is C/C(=C\[C@H](C(C)C)N(C)C(=O)C(NC(=O)[C@H]1CCCCN1C)C(C)C)C(=O)N1CCCC1C(=O)OCC(C)C. The average Bonchev–Trinajstić information content (AvgIpc) is 3.37. The van der Waals surface area contributed by atoms with E-state index in [0.29, 0.717) is 25.1 Å². The Morgan fingerprint density at radius 3 is 2.15 bits per heavy atom. The van der Waals surface area contributed by atoms with Gasteiger partial charge in [-0.15, -0.1) is 0 Å². The van der Waals surface area contributed by atoms with Crippen molar-refractivity contribution in [3.63, 3.8) is 0 Å². The first-order valence-electron chi connectivity index (χ1n) is 14.7. The number of amides is 3. The molecule has 3 amide bonds. The molecule has 39 heavy (non-hydrogen) atoms. The van der Waals surface area contributed by atoms with E-state index in [1.54, 1.807) is 23.8 Å². The minimum Gasteiger partial charge on any atom is -0.464 e. The molecule has 2 fully saturated rings. The van der Waals surface area contributed by atoms with Crippen molar-refractivity contribution in [2.24, 2.45) is 17.8 Å². The number of likely N-dealkylation sites (tertiary alicyclic amines) is 2. The summed E-state index contributed by atoms with van der Waals surface area (Å²) in [4.78, 5) is 58.2. The van der Waals surface area contributed by atoms with Gasteiger partial charge in [0.05, 0.1) is 18.7 Å². The molecule has 222 valence electrons. The van der Waals surface area contributed by atoms with E-state index >= 15 is 0 Å². The highest BCUT2D eigenvalue weighted by atomic mass is 16.5. The highest BCUT2D eigenvalue weighted by molar-refractivity contribution is 5.96. The van der Waals surface area contributed by atoms with Gasteiger partial charge in [-0.1, -0.05) is 54.0 Å². The van der Waals surface area contributed by atoms with Gasteiger partial charge in [0.25, 0.3) is 0 Å². The lowest BCUT2D eigenvalue weighted by atomic mass is 9.96. The first-order valence-corrected chi connectivity index (χ1v) is 14.7. The summed E-state index contributed by atoms with van der Waals surface area (Å²) in [5.41, 5.74) is 0.492. The smallest absolute Gasteiger partial charge is 0.328 e. The number of nitrogens with one attached hydrogen (secondary N) is 1. The summed E-state index contributed by atoms with van der Waals surface area (Å²) < 4.78 is 5.42. The molecule has 2 aliphatic rings. The van der Waals surface area contributed by atoms with Gasteiger partial charge < -0.3 is 19.9 Å². The molecule has 2 heterocycles. The van der Waals surface area contributed by atoms with E-state index in [-0.39, 0.29) is 53.5 Å². The Bertz CT molecular complexity index is 900. The molecule has 1 N–H and O–H groups in total. The maximum atomic E-state index is 13.7. The molecule has 2 unspecified atom stereocenters. The molecular weight excluding hydrogens is 496 g/mol. The summed E-state index contributed by atoms with van der Waals surface area (Å²) >= 11 is 0. The predicted octanol–water partition coefficient (Wildman–Crippen LogP) is 3.23. The molecule has 0 saturated carbocycles. The van der Waals surface area contributed by atoms with Crippen LogP contribution < -0.4 is 5.32 Å². The van der Waals surface area contributed by atoms with Crippen LogP contribution in [0.4, 0.5) is 0 Å². The number of piperidine rings is 1. The van der Waals surface area contributed by atoms with E-state index < -0.39 is 12.1 Å². The van der Waals surface area contributed by atoms with Crippen LogP contribution in [-0.2, 0) is 23.9 Å². The highest BCUT2D eigenvalue weighted by Crippen LogP contribution is 2.23. The first-order chi connectivity index (χ1) is 18.3. The topological polar surface area (TPSA) is 99.3 Å². The van der Waals surface area contributed by atoms with E-state index in [1.807, 2.05) is 54.7 Å². The standard InChI is InChI=1S/C30H52N4O5/c1-19(2)18-39-30(38)24-14-12-16-34(24)28(36)22(7)17-25(20(3)4)33(9)29(37)26(21(5)6)31-27(35)23-13-10-11-15-32(23)8/h17,19-21,23-26H,10-16,18H2,1-9H3,(H,31,35)/b22-17+/t23-,24?,25-,26?/m1/s1. The summed E-state index contributed by atoms with van der Waals surface area (Å²) in [6.07, 6.45) is 6.04. The third-order valence-corrected chi connectivity index (χ3v) is 7.88. The Morgan fingerprint density at radius 2 is 1.59 bits per heavy atom. The van der Waals surface area contributed by atoms with Crippen molar-refractivity contribution in [2.45, 2.75) is 105 Å². The number of esters is 1. The van der Waals surface area contributed by atoms with Crippen LogP contribution in [0.25, 0.3) is 0 Å². The van der Waals surface area contributed by atoms with Crippen LogP contribution in [0.5, 0.6) is 0 Å². The van der Waals surface area contributed by atoms with E-state index in [0.717, 1.165) is 32.2 Å². The number of hydrogen-bond donors (Lipinski definition) is 1. The van der Waals surface area contributed by atoms with Crippen molar-refractivity contribution in [1.29, 1.82) is 0 Å². The van der Waals surface area contributed by atoms with Gasteiger partial charge in [0.15, 0.2) is 0 Å². The lowest BCUT2D eigenvalue weighted by Crippen LogP contribution is -2.57. The Hall–Kier alpha value is -2.42. The number of carbonyl (C=O) groups excluding carboxylic acids is 4. The summed E-state index contributed by atoms with van der Waals surface area (Å²) in [6, 6.07) is -1.82. The molecule has 9 heteroatoms. The fraction of sp³-hybridized carbons (Fsp3) is 0.800. The van der Waals surface area contributed by atoms with Crippen molar-refractivity contribution in [3.05, 3.63) is 11.6 Å². The number of nitrogens with zero attached hydrogens (tertiary/aromatic N) is 3. The van der Waals surface area contributed by atoms with E-state index in [1.165, 1.54) is 0 Å². The zero-order valence-electron chi connectivity index (χ0n) is 25.7. The van der Waals surface area contributed by atoms with E-state index in [9.17, 15) is 19.2 Å². The molecule has 9 nitrogen and oxygen atoms in total. The third kappa shape index (κ3) is 8.78. The fourth-order valence-corrected chi connectivity index (χ4v) is 5.44. The molecule has 0 aromatic rings. The molecule has 0 aromatic heterocycles. The van der Waals surface area contributed by atoms with Crippen molar-refractivity contribution < 1.29 is 23.9 Å². The van der Waals surface area contributed by atoms with Crippen LogP contribution in [-0.4, -0.2) is 96.3 Å². The summed E-state index contributed by atoms with van der Waals surface area (Å²) in [6.45, 7) is 15.3. The number of ether oxygens (including phenoxy) is 1. The predicted molar refractivity (Wildman–Crippen MR) is 153 cm³/mol. The maximum Gasteiger partial charge on any atom is 0.328 e. The normalized spacial score (nSPS) is 22.3. The lowest BCUT2D eigenvalue weighted by Gasteiger charge is -2.36. The van der Waals surface area contributed by atoms with Gasteiger partial charge in [-0.25, -0.2) is 4.79 Å². The Kier molecular flexibility index (Phi) is 12.5. The molecular formula is C30H52N4O5. The number of carbonyl (C=O) groups is 4. The van der Waals surface area contributed by atoms with Crippen molar-refractivity contribution in [2.75, 3.05) is 33.8 Å². The molecule has 2 rings (SSSR count). The zero-order chi connectivity index (χ0) is 29.4. The van der Waals surface area contributed by atoms with Gasteiger partial charge in [-0.05, 0) is 64.0 Å². The van der Waals surface area contributed by atoms with Crippen LogP contribution in [0.1, 0.15) is 80.6 Å². The molecule has 2 saturated heterocycles. The molecule has 2 aliphatic heterocycles. The fourth-order valence-electron chi connectivity index (χ4n) is 5.44. The second-order valence-electron chi connectivity index (χ2n) is 12.4. The van der Waals surface area contributed by atoms with Crippen LogP contribution >= 0.6 is 0 Å².